The van der Waals surface area contributed by atoms with Crippen LogP contribution in [0.3, 0.4) is 0 Å². The van der Waals surface area contributed by atoms with E-state index in [0.717, 1.165) is 19.5 Å². The van der Waals surface area contributed by atoms with Gasteiger partial charge in [-0.25, -0.2) is 0 Å². The first-order valence-electron chi connectivity index (χ1n) is 5.47. The largest absolute Gasteiger partial charge is 0.311 e. The lowest BCUT2D eigenvalue weighted by atomic mass is 9.99. The Balaban J connectivity index is 2.04. The van der Waals surface area contributed by atoms with Gasteiger partial charge in [0.15, 0.2) is 0 Å². The van der Waals surface area contributed by atoms with Crippen molar-refractivity contribution in [3.8, 4) is 0 Å². The Kier molecular flexibility index (Phi) is 3.78. The van der Waals surface area contributed by atoms with Crippen molar-refractivity contribution in [2.24, 2.45) is 0 Å². The first-order valence-corrected chi connectivity index (χ1v) is 6.27. The van der Waals surface area contributed by atoms with Gasteiger partial charge >= 0.3 is 0 Å². The fraction of sp³-hybridized carbons (Fsp3) is 0.500. The molecule has 0 aromatic heterocycles. The number of rotatable bonds is 2. The van der Waals surface area contributed by atoms with Crippen LogP contribution in [-0.2, 0) is 6.42 Å². The molecule has 0 saturated carbocycles. The molecule has 2 unspecified atom stereocenters. The molecule has 15 heavy (non-hydrogen) atoms. The average Bonchev–Trinajstić information content (AvgIpc) is 2.24. The molecule has 0 spiro atoms. The van der Waals surface area contributed by atoms with Gasteiger partial charge in [-0.15, -0.1) is 0 Å². The maximum absolute atomic E-state index is 3.59. The highest BCUT2D eigenvalue weighted by Gasteiger charge is 2.20. The summed E-state index contributed by atoms with van der Waals surface area (Å²) < 4.78 is 1.21. The summed E-state index contributed by atoms with van der Waals surface area (Å²) >= 11 is 3.59. The van der Waals surface area contributed by atoms with Crippen molar-refractivity contribution in [3.05, 3.63) is 34.3 Å². The van der Waals surface area contributed by atoms with Crippen LogP contribution in [0.2, 0.25) is 0 Å². The summed E-state index contributed by atoms with van der Waals surface area (Å²) in [6, 6.07) is 9.54. The van der Waals surface area contributed by atoms with E-state index in [0.29, 0.717) is 12.1 Å². The van der Waals surface area contributed by atoms with E-state index in [9.17, 15) is 0 Å². The van der Waals surface area contributed by atoms with Crippen molar-refractivity contribution in [2.45, 2.75) is 25.4 Å². The van der Waals surface area contributed by atoms with E-state index in [4.69, 9.17) is 0 Å². The highest BCUT2D eigenvalue weighted by molar-refractivity contribution is 9.10. The molecule has 1 heterocycles. The topological polar surface area (TPSA) is 24.1 Å². The van der Waals surface area contributed by atoms with Gasteiger partial charge in [-0.3, -0.25) is 0 Å². The number of benzene rings is 1. The van der Waals surface area contributed by atoms with Crippen LogP contribution in [0.5, 0.6) is 0 Å². The van der Waals surface area contributed by atoms with Crippen LogP contribution in [0.1, 0.15) is 12.5 Å². The molecule has 1 aliphatic rings. The summed E-state index contributed by atoms with van der Waals surface area (Å²) in [6.07, 6.45) is 1.08. The zero-order valence-corrected chi connectivity index (χ0v) is 10.5. The molecule has 1 saturated heterocycles. The standard InChI is InChI=1S/C12H17BrN2/c1-9-12(15-7-6-14-9)8-10-4-2-3-5-11(10)13/h2-5,9,12,14-15H,6-8H2,1H3. The van der Waals surface area contributed by atoms with E-state index in [-0.39, 0.29) is 0 Å². The van der Waals surface area contributed by atoms with Gasteiger partial charge in [0.25, 0.3) is 0 Å². The van der Waals surface area contributed by atoms with Crippen LogP contribution in [0.15, 0.2) is 28.7 Å². The molecular formula is C12H17BrN2. The van der Waals surface area contributed by atoms with E-state index in [1.165, 1.54) is 10.0 Å². The van der Waals surface area contributed by atoms with Crippen molar-refractivity contribution in [2.75, 3.05) is 13.1 Å². The smallest absolute Gasteiger partial charge is 0.0259 e. The lowest BCUT2D eigenvalue weighted by Crippen LogP contribution is -2.55. The molecule has 1 fully saturated rings. The molecule has 2 atom stereocenters. The van der Waals surface area contributed by atoms with Crippen LogP contribution in [0, 0.1) is 0 Å². The molecular weight excluding hydrogens is 252 g/mol. The predicted molar refractivity (Wildman–Crippen MR) is 67.1 cm³/mol. The van der Waals surface area contributed by atoms with Gasteiger partial charge in [0.2, 0.25) is 0 Å². The second-order valence-corrected chi connectivity index (χ2v) is 4.95. The average molecular weight is 269 g/mol. The van der Waals surface area contributed by atoms with Crippen molar-refractivity contribution in [3.63, 3.8) is 0 Å². The van der Waals surface area contributed by atoms with Crippen molar-refractivity contribution in [1.29, 1.82) is 0 Å². The molecule has 2 rings (SSSR count). The van der Waals surface area contributed by atoms with E-state index in [1.54, 1.807) is 0 Å². The summed E-state index contributed by atoms with van der Waals surface area (Å²) in [6.45, 7) is 4.39. The molecule has 3 heteroatoms. The quantitative estimate of drug-likeness (QED) is 0.857. The van der Waals surface area contributed by atoms with Crippen LogP contribution >= 0.6 is 15.9 Å². The van der Waals surface area contributed by atoms with Gasteiger partial charge < -0.3 is 10.6 Å². The van der Waals surface area contributed by atoms with Crippen molar-refractivity contribution >= 4 is 15.9 Å². The molecule has 1 aromatic rings. The van der Waals surface area contributed by atoms with Crippen LogP contribution in [-0.4, -0.2) is 25.2 Å². The summed E-state index contributed by atoms with van der Waals surface area (Å²) in [4.78, 5) is 0. The fourth-order valence-corrected chi connectivity index (χ4v) is 2.47. The Labute approximate surface area is 99.6 Å². The van der Waals surface area contributed by atoms with Gasteiger partial charge in [-0.2, -0.15) is 0 Å². The molecule has 82 valence electrons. The first-order chi connectivity index (χ1) is 7.27. The third kappa shape index (κ3) is 2.80. The minimum Gasteiger partial charge on any atom is -0.311 e. The van der Waals surface area contributed by atoms with Gasteiger partial charge in [0, 0.05) is 29.6 Å². The Hall–Kier alpha value is -0.380. The monoisotopic (exact) mass is 268 g/mol. The maximum Gasteiger partial charge on any atom is 0.0259 e. The van der Waals surface area contributed by atoms with Gasteiger partial charge in [0.1, 0.15) is 0 Å². The van der Waals surface area contributed by atoms with E-state index in [2.05, 4.69) is 57.8 Å². The third-order valence-electron chi connectivity index (χ3n) is 3.00. The van der Waals surface area contributed by atoms with E-state index < -0.39 is 0 Å². The molecule has 2 N–H and O–H groups in total. The minimum atomic E-state index is 0.539. The van der Waals surface area contributed by atoms with Crippen LogP contribution < -0.4 is 10.6 Å². The normalized spacial score (nSPS) is 26.5. The molecule has 0 amide bonds. The maximum atomic E-state index is 3.59. The first kappa shape index (κ1) is 11.1. The predicted octanol–water partition coefficient (Wildman–Crippen LogP) is 1.94. The number of halogens is 1. The van der Waals surface area contributed by atoms with Crippen molar-refractivity contribution < 1.29 is 0 Å². The number of nitrogens with one attached hydrogen (secondary N) is 2. The fourth-order valence-electron chi connectivity index (χ4n) is 2.03. The Morgan fingerprint density at radius 2 is 2.00 bits per heavy atom. The van der Waals surface area contributed by atoms with Gasteiger partial charge in [-0.1, -0.05) is 34.1 Å². The Bertz CT molecular complexity index is 327. The number of piperazine rings is 1. The second-order valence-electron chi connectivity index (χ2n) is 4.10. The zero-order chi connectivity index (χ0) is 10.7. The van der Waals surface area contributed by atoms with Crippen LogP contribution in [0.25, 0.3) is 0 Å². The molecule has 0 radical (unpaired) electrons. The number of hydrogen-bond donors (Lipinski definition) is 2. The molecule has 1 aliphatic heterocycles. The van der Waals surface area contributed by atoms with Gasteiger partial charge in [0.05, 0.1) is 0 Å². The lowest BCUT2D eigenvalue weighted by molar-refractivity contribution is 0.336. The molecule has 2 nitrogen and oxygen atoms in total. The van der Waals surface area contributed by atoms with Gasteiger partial charge in [-0.05, 0) is 25.0 Å². The summed E-state index contributed by atoms with van der Waals surface area (Å²) in [5, 5.41) is 7.06. The number of hydrogen-bond acceptors (Lipinski definition) is 2. The van der Waals surface area contributed by atoms with E-state index in [1.807, 2.05) is 0 Å². The SMILES string of the molecule is CC1NCCNC1Cc1ccccc1Br. The third-order valence-corrected chi connectivity index (χ3v) is 3.77. The highest BCUT2D eigenvalue weighted by atomic mass is 79.9. The Morgan fingerprint density at radius 3 is 2.73 bits per heavy atom. The zero-order valence-electron chi connectivity index (χ0n) is 8.96. The lowest BCUT2D eigenvalue weighted by Gasteiger charge is -2.31. The summed E-state index contributed by atoms with van der Waals surface area (Å²) in [5.41, 5.74) is 1.38. The van der Waals surface area contributed by atoms with Crippen LogP contribution in [0.4, 0.5) is 0 Å². The minimum absolute atomic E-state index is 0.539. The molecule has 0 aliphatic carbocycles. The summed E-state index contributed by atoms with van der Waals surface area (Å²) in [7, 11) is 0. The second kappa shape index (κ2) is 5.10. The van der Waals surface area contributed by atoms with Crippen molar-refractivity contribution in [1.82, 2.24) is 10.6 Å². The Morgan fingerprint density at radius 1 is 1.27 bits per heavy atom. The highest BCUT2D eigenvalue weighted by Crippen LogP contribution is 2.18. The summed E-state index contributed by atoms with van der Waals surface area (Å²) in [5.74, 6) is 0. The van der Waals surface area contributed by atoms with E-state index >= 15 is 0 Å². The molecule has 1 aromatic carbocycles. The molecule has 0 bridgehead atoms.